The number of ether oxygens (including phenoxy) is 1. The number of nitrogen functional groups attached to an aromatic ring is 1. The van der Waals surface area contributed by atoms with Crippen LogP contribution in [0.2, 0.25) is 0 Å². The van der Waals surface area contributed by atoms with Crippen LogP contribution >= 0.6 is 15.9 Å². The summed E-state index contributed by atoms with van der Waals surface area (Å²) in [5.74, 6) is 6.88. The van der Waals surface area contributed by atoms with Crippen molar-refractivity contribution in [2.24, 2.45) is 5.84 Å². The van der Waals surface area contributed by atoms with Crippen LogP contribution in [0.15, 0.2) is 10.8 Å². The van der Waals surface area contributed by atoms with Crippen molar-refractivity contribution >= 4 is 27.6 Å². The van der Waals surface area contributed by atoms with Crippen LogP contribution in [0, 0.1) is 0 Å². The molecular weight excluding hydrogens is 298 g/mol. The normalized spacial score (nSPS) is 24.1. The molecule has 0 aliphatic carbocycles. The van der Waals surface area contributed by atoms with Crippen LogP contribution in [0.3, 0.4) is 0 Å². The van der Waals surface area contributed by atoms with Gasteiger partial charge in [0, 0.05) is 6.54 Å². The molecule has 6 nitrogen and oxygen atoms in total. The van der Waals surface area contributed by atoms with Crippen LogP contribution in [0.25, 0.3) is 0 Å². The topological polar surface area (TPSA) is 76.3 Å². The van der Waals surface area contributed by atoms with E-state index in [1.54, 1.807) is 0 Å². The lowest BCUT2D eigenvalue weighted by atomic mass is 10.1. The highest BCUT2D eigenvalue weighted by molar-refractivity contribution is 9.10. The first-order valence-electron chi connectivity index (χ1n) is 6.02. The van der Waals surface area contributed by atoms with Gasteiger partial charge in [-0.1, -0.05) is 6.92 Å². The van der Waals surface area contributed by atoms with Gasteiger partial charge in [-0.05, 0) is 29.3 Å². The minimum Gasteiger partial charge on any atom is -0.375 e. The minimum atomic E-state index is 0.198. The zero-order chi connectivity index (χ0) is 13.1. The lowest BCUT2D eigenvalue weighted by molar-refractivity contribution is 0.0295. The van der Waals surface area contributed by atoms with Crippen LogP contribution in [-0.2, 0) is 4.74 Å². The average molecular weight is 316 g/mol. The van der Waals surface area contributed by atoms with E-state index in [0.717, 1.165) is 29.9 Å². The third kappa shape index (κ3) is 2.57. The fourth-order valence-electron chi connectivity index (χ4n) is 2.10. The monoisotopic (exact) mass is 315 g/mol. The maximum absolute atomic E-state index is 5.69. The Bertz CT molecular complexity index is 416. The van der Waals surface area contributed by atoms with Gasteiger partial charge in [0.1, 0.15) is 16.6 Å². The number of halogens is 1. The van der Waals surface area contributed by atoms with Crippen molar-refractivity contribution in [3.8, 4) is 0 Å². The first-order chi connectivity index (χ1) is 8.67. The predicted octanol–water partition coefficient (Wildman–Crippen LogP) is 1.53. The Morgan fingerprint density at radius 1 is 1.61 bits per heavy atom. The number of nitrogens with zero attached hydrogens (tertiary/aromatic N) is 3. The quantitative estimate of drug-likeness (QED) is 0.650. The molecule has 1 aliphatic heterocycles. The third-order valence-corrected chi connectivity index (χ3v) is 3.85. The lowest BCUT2D eigenvalue weighted by Gasteiger charge is -2.39. The smallest absolute Gasteiger partial charge is 0.159 e. The zero-order valence-electron chi connectivity index (χ0n) is 10.6. The molecule has 1 fully saturated rings. The molecule has 1 aromatic heterocycles. The van der Waals surface area contributed by atoms with Crippen molar-refractivity contribution in [2.75, 3.05) is 23.5 Å². The second-order valence-electron chi connectivity index (χ2n) is 4.36. The van der Waals surface area contributed by atoms with Crippen LogP contribution in [-0.4, -0.2) is 35.3 Å². The van der Waals surface area contributed by atoms with Crippen LogP contribution in [0.1, 0.15) is 20.3 Å². The fraction of sp³-hybridized carbons (Fsp3) is 0.636. The van der Waals surface area contributed by atoms with Gasteiger partial charge in [-0.2, -0.15) is 0 Å². The second kappa shape index (κ2) is 5.81. The summed E-state index contributed by atoms with van der Waals surface area (Å²) in [5.41, 5.74) is 2.56. The number of anilines is 2. The number of hydrazine groups is 1. The van der Waals surface area contributed by atoms with E-state index in [-0.39, 0.29) is 6.10 Å². The number of nitrogens with one attached hydrogen (secondary N) is 1. The van der Waals surface area contributed by atoms with E-state index in [1.807, 2.05) is 0 Å². The Balaban J connectivity index is 2.33. The van der Waals surface area contributed by atoms with E-state index in [0.29, 0.717) is 11.9 Å². The highest BCUT2D eigenvalue weighted by atomic mass is 79.9. The van der Waals surface area contributed by atoms with Crippen molar-refractivity contribution in [2.45, 2.75) is 32.4 Å². The largest absolute Gasteiger partial charge is 0.375 e. The highest BCUT2D eigenvalue weighted by Gasteiger charge is 2.28. The van der Waals surface area contributed by atoms with Crippen LogP contribution in [0.5, 0.6) is 0 Å². The van der Waals surface area contributed by atoms with Gasteiger partial charge in [-0.25, -0.2) is 15.8 Å². The average Bonchev–Trinajstić information content (AvgIpc) is 2.39. The Kier molecular flexibility index (Phi) is 4.36. The van der Waals surface area contributed by atoms with E-state index in [1.165, 1.54) is 6.33 Å². The Hall–Kier alpha value is -0.920. The number of nitrogens with two attached hydrogens (primary N) is 1. The molecule has 2 rings (SSSR count). The van der Waals surface area contributed by atoms with E-state index in [9.17, 15) is 0 Å². The molecule has 1 saturated heterocycles. The summed E-state index contributed by atoms with van der Waals surface area (Å²) in [6.07, 6.45) is 2.72. The summed E-state index contributed by atoms with van der Waals surface area (Å²) in [6, 6.07) is 0.332. The van der Waals surface area contributed by atoms with Gasteiger partial charge in [-0.3, -0.25) is 0 Å². The number of rotatable bonds is 3. The molecule has 7 heteroatoms. The summed E-state index contributed by atoms with van der Waals surface area (Å²) in [4.78, 5) is 10.7. The first kappa shape index (κ1) is 13.5. The van der Waals surface area contributed by atoms with Gasteiger partial charge in [0.05, 0.1) is 18.8 Å². The number of hydrogen-bond acceptors (Lipinski definition) is 6. The Morgan fingerprint density at radius 2 is 2.39 bits per heavy atom. The van der Waals surface area contributed by atoms with Crippen molar-refractivity contribution in [1.29, 1.82) is 0 Å². The highest BCUT2D eigenvalue weighted by Crippen LogP contribution is 2.32. The number of aromatic nitrogens is 2. The molecule has 2 heterocycles. The molecule has 3 N–H and O–H groups in total. The number of morpholine rings is 1. The number of hydrogen-bond donors (Lipinski definition) is 2. The molecule has 0 saturated carbocycles. The van der Waals surface area contributed by atoms with E-state index < -0.39 is 0 Å². The van der Waals surface area contributed by atoms with Crippen LogP contribution in [0.4, 0.5) is 11.6 Å². The maximum Gasteiger partial charge on any atom is 0.159 e. The summed E-state index contributed by atoms with van der Waals surface area (Å²) >= 11 is 3.50. The van der Waals surface area contributed by atoms with Gasteiger partial charge < -0.3 is 15.1 Å². The molecule has 0 amide bonds. The molecule has 0 aromatic carbocycles. The Labute approximate surface area is 115 Å². The molecular formula is C11H18BrN5O. The van der Waals surface area contributed by atoms with Gasteiger partial charge in [-0.15, -0.1) is 0 Å². The van der Waals surface area contributed by atoms with Crippen molar-refractivity contribution in [3.63, 3.8) is 0 Å². The molecule has 1 aliphatic rings. The van der Waals surface area contributed by atoms with Crippen molar-refractivity contribution < 1.29 is 4.74 Å². The molecule has 0 radical (unpaired) electrons. The van der Waals surface area contributed by atoms with Gasteiger partial charge in [0.25, 0.3) is 0 Å². The first-order valence-corrected chi connectivity index (χ1v) is 6.82. The summed E-state index contributed by atoms with van der Waals surface area (Å²) < 4.78 is 6.48. The SMILES string of the molecule is CCC1COC(C)CN1c1ncnc(NN)c1Br. The molecule has 1 aromatic rings. The molecule has 0 spiro atoms. The van der Waals surface area contributed by atoms with E-state index in [4.69, 9.17) is 10.6 Å². The zero-order valence-corrected chi connectivity index (χ0v) is 12.1. The van der Waals surface area contributed by atoms with Gasteiger partial charge in [0.2, 0.25) is 0 Å². The molecule has 2 unspecified atom stereocenters. The maximum atomic E-state index is 5.69. The summed E-state index contributed by atoms with van der Waals surface area (Å²) in [5, 5.41) is 0. The predicted molar refractivity (Wildman–Crippen MR) is 74.4 cm³/mol. The second-order valence-corrected chi connectivity index (χ2v) is 5.16. The van der Waals surface area contributed by atoms with Crippen molar-refractivity contribution in [1.82, 2.24) is 9.97 Å². The molecule has 0 bridgehead atoms. The van der Waals surface area contributed by atoms with Gasteiger partial charge in [0.15, 0.2) is 5.82 Å². The Morgan fingerprint density at radius 3 is 3.06 bits per heavy atom. The molecule has 18 heavy (non-hydrogen) atoms. The standard InChI is InChI=1S/C11H18BrN5O/c1-3-8-5-18-7(2)4-17(8)11-9(12)10(16-13)14-6-15-11/h6-8H,3-5,13H2,1-2H3,(H,14,15,16). The van der Waals surface area contributed by atoms with E-state index in [2.05, 4.69) is 50.1 Å². The molecule has 100 valence electrons. The third-order valence-electron chi connectivity index (χ3n) is 3.12. The molecule has 2 atom stereocenters. The summed E-state index contributed by atoms with van der Waals surface area (Å²) in [7, 11) is 0. The minimum absolute atomic E-state index is 0.198. The summed E-state index contributed by atoms with van der Waals surface area (Å²) in [6.45, 7) is 5.75. The van der Waals surface area contributed by atoms with E-state index >= 15 is 0 Å². The van der Waals surface area contributed by atoms with Crippen molar-refractivity contribution in [3.05, 3.63) is 10.8 Å². The van der Waals surface area contributed by atoms with Gasteiger partial charge >= 0.3 is 0 Å². The lowest BCUT2D eigenvalue weighted by Crippen LogP contribution is -2.49. The fourth-order valence-corrected chi connectivity index (χ4v) is 2.65. The van der Waals surface area contributed by atoms with Crippen LogP contribution < -0.4 is 16.2 Å².